The zero-order chi connectivity index (χ0) is 11.5. The second-order valence-corrected chi connectivity index (χ2v) is 5.07. The number of nitrogens with zero attached hydrogens (tertiary/aromatic N) is 3. The molecule has 0 amide bonds. The molecule has 1 aromatic heterocycles. The Morgan fingerprint density at radius 2 is 2.38 bits per heavy atom. The van der Waals surface area contributed by atoms with Gasteiger partial charge in [-0.05, 0) is 12.3 Å². The fraction of sp³-hybridized carbons (Fsp3) is 0.750. The molecule has 1 fully saturated rings. The number of nitrogens with one attached hydrogen (secondary N) is 1. The molecule has 4 nitrogen and oxygen atoms in total. The van der Waals surface area contributed by atoms with Crippen LogP contribution in [0.5, 0.6) is 0 Å². The van der Waals surface area contributed by atoms with E-state index in [0.29, 0.717) is 6.04 Å². The van der Waals surface area contributed by atoms with E-state index in [4.69, 9.17) is 0 Å². The molecule has 16 heavy (non-hydrogen) atoms. The van der Waals surface area contributed by atoms with E-state index >= 15 is 0 Å². The third-order valence-corrected chi connectivity index (χ3v) is 3.03. The highest BCUT2D eigenvalue weighted by molar-refractivity contribution is 5.37. The van der Waals surface area contributed by atoms with E-state index < -0.39 is 0 Å². The standard InChI is InChI=1S/C12H22N4/c1-10(2)8-11-9-16(7-5-13-11)12-4-6-15(3)14-12/h4,6,10-11,13H,5,7-9H2,1-3H3. The fourth-order valence-electron chi connectivity index (χ4n) is 2.33. The molecule has 0 saturated carbocycles. The highest BCUT2D eigenvalue weighted by Gasteiger charge is 2.21. The molecular weight excluding hydrogens is 200 g/mol. The van der Waals surface area contributed by atoms with Crippen molar-refractivity contribution in [1.29, 1.82) is 0 Å². The van der Waals surface area contributed by atoms with Gasteiger partial charge in [-0.15, -0.1) is 0 Å². The first kappa shape index (κ1) is 11.5. The van der Waals surface area contributed by atoms with Crippen molar-refractivity contribution in [3.05, 3.63) is 12.3 Å². The van der Waals surface area contributed by atoms with Crippen LogP contribution < -0.4 is 10.2 Å². The first-order valence-corrected chi connectivity index (χ1v) is 6.13. The second-order valence-electron chi connectivity index (χ2n) is 5.07. The molecular formula is C12H22N4. The summed E-state index contributed by atoms with van der Waals surface area (Å²) in [5, 5.41) is 8.04. The molecule has 1 aromatic rings. The molecule has 2 rings (SSSR count). The third kappa shape index (κ3) is 2.76. The van der Waals surface area contributed by atoms with Crippen molar-refractivity contribution in [2.24, 2.45) is 13.0 Å². The molecule has 90 valence electrons. The van der Waals surface area contributed by atoms with Crippen LogP contribution in [0, 0.1) is 5.92 Å². The lowest BCUT2D eigenvalue weighted by atomic mass is 10.0. The van der Waals surface area contributed by atoms with Gasteiger partial charge in [-0.1, -0.05) is 13.8 Å². The predicted molar refractivity (Wildman–Crippen MR) is 66.7 cm³/mol. The van der Waals surface area contributed by atoms with E-state index in [2.05, 4.69) is 35.2 Å². The summed E-state index contributed by atoms with van der Waals surface area (Å²) in [6.07, 6.45) is 3.25. The lowest BCUT2D eigenvalue weighted by molar-refractivity contribution is 0.386. The van der Waals surface area contributed by atoms with Gasteiger partial charge in [0.15, 0.2) is 5.82 Å². The summed E-state index contributed by atoms with van der Waals surface area (Å²) in [5.74, 6) is 1.86. The Hall–Kier alpha value is -1.03. The molecule has 1 saturated heterocycles. The van der Waals surface area contributed by atoms with Gasteiger partial charge in [0, 0.05) is 45.0 Å². The molecule has 0 spiro atoms. The summed E-state index contributed by atoms with van der Waals surface area (Å²) >= 11 is 0. The molecule has 0 radical (unpaired) electrons. The minimum atomic E-state index is 0.607. The van der Waals surface area contributed by atoms with Crippen molar-refractivity contribution in [2.75, 3.05) is 24.5 Å². The Bertz CT molecular complexity index is 332. The van der Waals surface area contributed by atoms with Gasteiger partial charge in [-0.2, -0.15) is 5.10 Å². The first-order valence-electron chi connectivity index (χ1n) is 6.13. The molecule has 0 bridgehead atoms. The zero-order valence-corrected chi connectivity index (χ0v) is 10.5. The Balaban J connectivity index is 1.96. The van der Waals surface area contributed by atoms with Crippen molar-refractivity contribution in [3.63, 3.8) is 0 Å². The van der Waals surface area contributed by atoms with Gasteiger partial charge in [0.05, 0.1) is 0 Å². The Labute approximate surface area is 97.6 Å². The van der Waals surface area contributed by atoms with Crippen LogP contribution in [-0.2, 0) is 7.05 Å². The molecule has 1 unspecified atom stereocenters. The molecule has 4 heteroatoms. The minimum Gasteiger partial charge on any atom is -0.352 e. The SMILES string of the molecule is CC(C)CC1CN(c2ccn(C)n2)CCN1. The maximum atomic E-state index is 4.46. The Morgan fingerprint density at radius 3 is 3.00 bits per heavy atom. The van der Waals surface area contributed by atoms with E-state index in [-0.39, 0.29) is 0 Å². The van der Waals surface area contributed by atoms with E-state index in [0.717, 1.165) is 31.4 Å². The summed E-state index contributed by atoms with van der Waals surface area (Å²) in [6, 6.07) is 2.70. The lowest BCUT2D eigenvalue weighted by Crippen LogP contribution is -2.51. The van der Waals surface area contributed by atoms with Crippen molar-refractivity contribution < 1.29 is 0 Å². The van der Waals surface area contributed by atoms with Gasteiger partial charge >= 0.3 is 0 Å². The number of hydrogen-bond donors (Lipinski definition) is 1. The van der Waals surface area contributed by atoms with E-state index in [9.17, 15) is 0 Å². The summed E-state index contributed by atoms with van der Waals surface area (Å²) in [7, 11) is 1.97. The van der Waals surface area contributed by atoms with Gasteiger partial charge in [-0.25, -0.2) is 0 Å². The predicted octanol–water partition coefficient (Wildman–Crippen LogP) is 1.24. The second kappa shape index (κ2) is 4.87. The average molecular weight is 222 g/mol. The van der Waals surface area contributed by atoms with Crippen LogP contribution in [0.15, 0.2) is 12.3 Å². The maximum absolute atomic E-state index is 4.46. The third-order valence-electron chi connectivity index (χ3n) is 3.03. The fourth-order valence-corrected chi connectivity index (χ4v) is 2.33. The van der Waals surface area contributed by atoms with Crippen LogP contribution in [0.3, 0.4) is 0 Å². The summed E-state index contributed by atoms with van der Waals surface area (Å²) in [6.45, 7) is 7.76. The van der Waals surface area contributed by atoms with Gasteiger partial charge < -0.3 is 10.2 Å². The van der Waals surface area contributed by atoms with Crippen molar-refractivity contribution in [3.8, 4) is 0 Å². The topological polar surface area (TPSA) is 33.1 Å². The van der Waals surface area contributed by atoms with Crippen molar-refractivity contribution in [1.82, 2.24) is 15.1 Å². The molecule has 1 N–H and O–H groups in total. The number of anilines is 1. The molecule has 1 aliphatic heterocycles. The van der Waals surface area contributed by atoms with E-state index in [1.807, 2.05) is 17.9 Å². The van der Waals surface area contributed by atoms with Crippen LogP contribution in [0.1, 0.15) is 20.3 Å². The normalized spacial score (nSPS) is 21.8. The number of aromatic nitrogens is 2. The van der Waals surface area contributed by atoms with Crippen LogP contribution in [0.2, 0.25) is 0 Å². The molecule has 2 heterocycles. The zero-order valence-electron chi connectivity index (χ0n) is 10.5. The van der Waals surface area contributed by atoms with E-state index in [1.165, 1.54) is 6.42 Å². The lowest BCUT2D eigenvalue weighted by Gasteiger charge is -2.34. The monoisotopic (exact) mass is 222 g/mol. The maximum Gasteiger partial charge on any atom is 0.150 e. The molecule has 0 aliphatic carbocycles. The highest BCUT2D eigenvalue weighted by Crippen LogP contribution is 2.15. The van der Waals surface area contributed by atoms with Gasteiger partial charge in [-0.3, -0.25) is 4.68 Å². The highest BCUT2D eigenvalue weighted by atomic mass is 15.3. The Kier molecular flexibility index (Phi) is 3.49. The summed E-state index contributed by atoms with van der Waals surface area (Å²) < 4.78 is 1.87. The largest absolute Gasteiger partial charge is 0.352 e. The van der Waals surface area contributed by atoms with Crippen LogP contribution in [-0.4, -0.2) is 35.5 Å². The smallest absolute Gasteiger partial charge is 0.150 e. The quantitative estimate of drug-likeness (QED) is 0.835. The number of rotatable bonds is 3. The number of piperazine rings is 1. The Morgan fingerprint density at radius 1 is 1.56 bits per heavy atom. The molecule has 1 aliphatic rings. The van der Waals surface area contributed by atoms with Crippen LogP contribution >= 0.6 is 0 Å². The summed E-state index contributed by atoms with van der Waals surface area (Å²) in [4.78, 5) is 2.38. The number of hydrogen-bond acceptors (Lipinski definition) is 3. The number of aryl methyl sites for hydroxylation is 1. The summed E-state index contributed by atoms with van der Waals surface area (Å²) in [5.41, 5.74) is 0. The van der Waals surface area contributed by atoms with Gasteiger partial charge in [0.1, 0.15) is 0 Å². The van der Waals surface area contributed by atoms with E-state index in [1.54, 1.807) is 0 Å². The first-order chi connectivity index (χ1) is 7.65. The molecule has 0 aromatic carbocycles. The van der Waals surface area contributed by atoms with Crippen molar-refractivity contribution >= 4 is 5.82 Å². The van der Waals surface area contributed by atoms with Gasteiger partial charge in [0.25, 0.3) is 0 Å². The average Bonchev–Trinajstić information content (AvgIpc) is 2.64. The van der Waals surface area contributed by atoms with Crippen LogP contribution in [0.4, 0.5) is 5.82 Å². The van der Waals surface area contributed by atoms with Gasteiger partial charge in [0.2, 0.25) is 0 Å². The van der Waals surface area contributed by atoms with Crippen molar-refractivity contribution in [2.45, 2.75) is 26.3 Å². The van der Waals surface area contributed by atoms with Crippen LogP contribution in [0.25, 0.3) is 0 Å². The minimum absolute atomic E-state index is 0.607. The molecule has 1 atom stereocenters.